The van der Waals surface area contributed by atoms with Gasteiger partial charge in [-0.3, -0.25) is 9.59 Å². The van der Waals surface area contributed by atoms with Crippen molar-refractivity contribution in [3.05, 3.63) is 0 Å². The third-order valence-electron chi connectivity index (χ3n) is 4.81. The topological polar surface area (TPSA) is 63.6 Å². The van der Waals surface area contributed by atoms with Gasteiger partial charge in [-0.1, -0.05) is 90.9 Å². The zero-order valence-electron chi connectivity index (χ0n) is 17.3. The van der Waals surface area contributed by atoms with Crippen LogP contribution in [0.4, 0.5) is 0 Å². The fourth-order valence-corrected chi connectivity index (χ4v) is 3.20. The Morgan fingerprint density at radius 1 is 0.731 bits per heavy atom. The molecule has 0 radical (unpaired) electrons. The van der Waals surface area contributed by atoms with Gasteiger partial charge >= 0.3 is 11.9 Å². The lowest BCUT2D eigenvalue weighted by atomic mass is 10.0. The van der Waals surface area contributed by atoms with Crippen molar-refractivity contribution in [2.24, 2.45) is 0 Å². The molecule has 0 aliphatic heterocycles. The lowest BCUT2D eigenvalue weighted by Crippen LogP contribution is -2.21. The van der Waals surface area contributed by atoms with Crippen LogP contribution < -0.4 is 0 Å². The Balaban J connectivity index is 3.82. The van der Waals surface area contributed by atoms with Gasteiger partial charge in [-0.25, -0.2) is 0 Å². The molecule has 0 bridgehead atoms. The molecule has 4 heteroatoms. The molecule has 0 aliphatic carbocycles. The first-order valence-corrected chi connectivity index (χ1v) is 11.0. The number of ether oxygens (including phenoxy) is 1. The summed E-state index contributed by atoms with van der Waals surface area (Å²) in [6.07, 6.45) is 17.0. The summed E-state index contributed by atoms with van der Waals surface area (Å²) < 4.78 is 5.43. The molecule has 0 fully saturated rings. The van der Waals surface area contributed by atoms with Gasteiger partial charge in [0, 0.05) is 6.42 Å². The molecule has 1 atom stereocenters. The van der Waals surface area contributed by atoms with Crippen LogP contribution in [0.25, 0.3) is 0 Å². The van der Waals surface area contributed by atoms with Crippen molar-refractivity contribution >= 4 is 11.9 Å². The van der Waals surface area contributed by atoms with E-state index in [9.17, 15) is 9.59 Å². The molecule has 0 aromatic carbocycles. The molecule has 26 heavy (non-hydrogen) atoms. The minimum Gasteiger partial charge on any atom is -0.481 e. The van der Waals surface area contributed by atoms with Crippen LogP contribution in [0.3, 0.4) is 0 Å². The Morgan fingerprint density at radius 2 is 1.19 bits per heavy atom. The predicted molar refractivity (Wildman–Crippen MR) is 107 cm³/mol. The maximum Gasteiger partial charge on any atom is 0.307 e. The van der Waals surface area contributed by atoms with Gasteiger partial charge in [0.15, 0.2) is 0 Å². The number of aliphatic carboxylic acids is 1. The van der Waals surface area contributed by atoms with Crippen LogP contribution >= 0.6 is 0 Å². The number of rotatable bonds is 19. The molecule has 0 aliphatic rings. The highest BCUT2D eigenvalue weighted by Crippen LogP contribution is 2.15. The molecule has 1 N–H and O–H groups in total. The van der Waals surface area contributed by atoms with Crippen molar-refractivity contribution < 1.29 is 19.4 Å². The first-order valence-electron chi connectivity index (χ1n) is 11.0. The average Bonchev–Trinajstić information content (AvgIpc) is 2.59. The van der Waals surface area contributed by atoms with Gasteiger partial charge in [-0.15, -0.1) is 0 Å². The molecule has 0 heterocycles. The standard InChI is InChI=1S/C22H42O4/c1-3-5-7-9-11-13-15-17-20(19-21(23)24)26-22(25)18-16-14-12-10-8-6-4-2/h20H,3-19H2,1-2H3,(H,23,24). The summed E-state index contributed by atoms with van der Waals surface area (Å²) in [4.78, 5) is 23.0. The fourth-order valence-electron chi connectivity index (χ4n) is 3.20. The van der Waals surface area contributed by atoms with Crippen LogP contribution in [0.15, 0.2) is 0 Å². The number of unbranched alkanes of at least 4 members (excludes halogenated alkanes) is 12. The van der Waals surface area contributed by atoms with Crippen LogP contribution in [0.2, 0.25) is 0 Å². The maximum absolute atomic E-state index is 12.0. The van der Waals surface area contributed by atoms with E-state index in [2.05, 4.69) is 13.8 Å². The molecule has 0 aromatic rings. The highest BCUT2D eigenvalue weighted by atomic mass is 16.5. The Kier molecular flexibility index (Phi) is 18.0. The number of carbonyl (C=O) groups excluding carboxylic acids is 1. The van der Waals surface area contributed by atoms with E-state index in [0.717, 1.165) is 25.7 Å². The van der Waals surface area contributed by atoms with E-state index in [0.29, 0.717) is 12.8 Å². The molecule has 0 amide bonds. The lowest BCUT2D eigenvalue weighted by molar-refractivity contribution is -0.153. The van der Waals surface area contributed by atoms with Crippen molar-refractivity contribution in [3.63, 3.8) is 0 Å². The second-order valence-electron chi connectivity index (χ2n) is 7.49. The van der Waals surface area contributed by atoms with Crippen LogP contribution in [-0.4, -0.2) is 23.1 Å². The van der Waals surface area contributed by atoms with Crippen LogP contribution in [0.5, 0.6) is 0 Å². The van der Waals surface area contributed by atoms with Gasteiger partial charge in [0.25, 0.3) is 0 Å². The Bertz CT molecular complexity index is 341. The maximum atomic E-state index is 12.0. The Morgan fingerprint density at radius 3 is 1.69 bits per heavy atom. The van der Waals surface area contributed by atoms with E-state index in [1.807, 2.05) is 0 Å². The van der Waals surface area contributed by atoms with E-state index in [1.165, 1.54) is 64.2 Å². The Hall–Kier alpha value is -1.06. The van der Waals surface area contributed by atoms with E-state index in [4.69, 9.17) is 9.84 Å². The largest absolute Gasteiger partial charge is 0.481 e. The number of esters is 1. The van der Waals surface area contributed by atoms with Crippen molar-refractivity contribution in [2.75, 3.05) is 0 Å². The molecule has 0 spiro atoms. The fraction of sp³-hybridized carbons (Fsp3) is 0.909. The minimum atomic E-state index is -0.887. The van der Waals surface area contributed by atoms with Crippen molar-refractivity contribution in [1.29, 1.82) is 0 Å². The van der Waals surface area contributed by atoms with Gasteiger partial charge < -0.3 is 9.84 Å². The van der Waals surface area contributed by atoms with Crippen LogP contribution in [-0.2, 0) is 14.3 Å². The molecule has 4 nitrogen and oxygen atoms in total. The summed E-state index contributed by atoms with van der Waals surface area (Å²) in [6.45, 7) is 4.41. The SMILES string of the molecule is CCCCCCCCCC(=O)OC(CCCCCCCCC)CC(=O)O. The molecule has 0 aromatic heterocycles. The first-order chi connectivity index (χ1) is 12.6. The summed E-state index contributed by atoms with van der Waals surface area (Å²) in [7, 11) is 0. The van der Waals surface area contributed by atoms with E-state index < -0.39 is 12.1 Å². The number of hydrogen-bond acceptors (Lipinski definition) is 3. The lowest BCUT2D eigenvalue weighted by Gasteiger charge is -2.16. The first kappa shape index (κ1) is 24.9. The van der Waals surface area contributed by atoms with Crippen molar-refractivity contribution in [3.8, 4) is 0 Å². The highest BCUT2D eigenvalue weighted by molar-refractivity contribution is 5.71. The zero-order chi connectivity index (χ0) is 19.5. The van der Waals surface area contributed by atoms with Gasteiger partial charge in [0.2, 0.25) is 0 Å². The summed E-state index contributed by atoms with van der Waals surface area (Å²) in [5.74, 6) is -1.12. The summed E-state index contributed by atoms with van der Waals surface area (Å²) in [5.41, 5.74) is 0. The molecular weight excluding hydrogens is 328 g/mol. The van der Waals surface area contributed by atoms with Crippen molar-refractivity contribution in [1.82, 2.24) is 0 Å². The third-order valence-corrected chi connectivity index (χ3v) is 4.81. The normalized spacial score (nSPS) is 12.1. The highest BCUT2D eigenvalue weighted by Gasteiger charge is 2.17. The van der Waals surface area contributed by atoms with Gasteiger partial charge in [0.1, 0.15) is 6.10 Å². The van der Waals surface area contributed by atoms with E-state index in [1.54, 1.807) is 0 Å². The summed E-state index contributed by atoms with van der Waals surface area (Å²) in [6, 6.07) is 0. The summed E-state index contributed by atoms with van der Waals surface area (Å²) in [5, 5.41) is 9.02. The number of carboxylic acids is 1. The number of carboxylic acid groups (broad SMARTS) is 1. The average molecular weight is 371 g/mol. The third kappa shape index (κ3) is 17.8. The zero-order valence-corrected chi connectivity index (χ0v) is 17.3. The molecule has 0 saturated carbocycles. The van der Waals surface area contributed by atoms with Crippen molar-refractivity contribution in [2.45, 2.75) is 129 Å². The second-order valence-corrected chi connectivity index (χ2v) is 7.49. The summed E-state index contributed by atoms with van der Waals surface area (Å²) >= 11 is 0. The molecule has 1 unspecified atom stereocenters. The predicted octanol–water partition coefficient (Wildman–Crippen LogP) is 6.65. The number of hydrogen-bond donors (Lipinski definition) is 1. The van der Waals surface area contributed by atoms with Gasteiger partial charge in [-0.05, 0) is 19.3 Å². The number of carbonyl (C=O) groups is 2. The molecule has 154 valence electrons. The van der Waals surface area contributed by atoms with E-state index >= 15 is 0 Å². The second kappa shape index (κ2) is 18.7. The minimum absolute atomic E-state index is 0.0708. The van der Waals surface area contributed by atoms with Crippen LogP contribution in [0, 0.1) is 0 Å². The Labute approximate surface area is 161 Å². The van der Waals surface area contributed by atoms with Crippen LogP contribution in [0.1, 0.15) is 123 Å². The molecule has 0 rings (SSSR count). The van der Waals surface area contributed by atoms with E-state index in [-0.39, 0.29) is 12.4 Å². The smallest absolute Gasteiger partial charge is 0.307 e. The molecule has 0 saturated heterocycles. The van der Waals surface area contributed by atoms with Gasteiger partial charge in [-0.2, -0.15) is 0 Å². The molecular formula is C22H42O4. The monoisotopic (exact) mass is 370 g/mol. The quantitative estimate of drug-likeness (QED) is 0.204. The van der Waals surface area contributed by atoms with Gasteiger partial charge in [0.05, 0.1) is 6.42 Å².